The van der Waals surface area contributed by atoms with Gasteiger partial charge in [-0.05, 0) is 77.7 Å². The van der Waals surface area contributed by atoms with E-state index < -0.39 is 0 Å². The lowest BCUT2D eigenvalue weighted by molar-refractivity contribution is 0.559. The van der Waals surface area contributed by atoms with Crippen LogP contribution in [0.15, 0.2) is 56.8 Å². The van der Waals surface area contributed by atoms with E-state index in [4.69, 9.17) is 4.42 Å². The summed E-state index contributed by atoms with van der Waals surface area (Å²) in [6, 6.07) is 13.5. The molecular weight excluding hydrogens is 360 g/mol. The zero-order valence-corrected chi connectivity index (χ0v) is 16.1. The summed E-state index contributed by atoms with van der Waals surface area (Å²) in [5, 5.41) is 13.7. The second-order valence-corrected chi connectivity index (χ2v) is 7.47. The van der Waals surface area contributed by atoms with Gasteiger partial charge in [0.15, 0.2) is 0 Å². The van der Waals surface area contributed by atoms with E-state index in [1.54, 1.807) is 10.7 Å². The molecule has 2 heterocycles. The summed E-state index contributed by atoms with van der Waals surface area (Å²) in [5.74, 6) is 0.566. The highest BCUT2D eigenvalue weighted by Crippen LogP contribution is 2.28. The molecule has 27 heavy (non-hydrogen) atoms. The molecule has 0 N–H and O–H groups in total. The Morgan fingerprint density at radius 1 is 1.07 bits per heavy atom. The Labute approximate surface area is 160 Å². The molecule has 0 saturated heterocycles. The normalized spacial score (nSPS) is 11.2. The molecule has 0 atom stereocenters. The Kier molecular flexibility index (Phi) is 4.53. The van der Waals surface area contributed by atoms with Crippen LogP contribution in [0.3, 0.4) is 0 Å². The summed E-state index contributed by atoms with van der Waals surface area (Å²) < 4.78 is 7.08. The van der Waals surface area contributed by atoms with Gasteiger partial charge in [0, 0.05) is 17.2 Å². The van der Waals surface area contributed by atoms with Gasteiger partial charge in [-0.25, -0.2) is 4.79 Å². The number of fused-ring (bicyclic) bond motifs is 1. The molecule has 0 spiro atoms. The van der Waals surface area contributed by atoms with Gasteiger partial charge in [-0.1, -0.05) is 23.9 Å². The number of aryl methyl sites for hydroxylation is 3. The monoisotopic (exact) mass is 378 g/mol. The molecule has 2 aromatic heterocycles. The van der Waals surface area contributed by atoms with Gasteiger partial charge in [-0.2, -0.15) is 4.68 Å². The Bertz CT molecular complexity index is 1200. The number of aromatic nitrogens is 4. The zero-order valence-electron chi connectivity index (χ0n) is 15.3. The molecule has 0 aliphatic carbocycles. The van der Waals surface area contributed by atoms with Gasteiger partial charge in [-0.3, -0.25) is 0 Å². The first-order chi connectivity index (χ1) is 13.0. The number of hydrogen-bond acceptors (Lipinski definition) is 6. The van der Waals surface area contributed by atoms with Crippen LogP contribution in [0, 0.1) is 20.8 Å². The Balaban J connectivity index is 1.68. The fourth-order valence-corrected chi connectivity index (χ4v) is 3.82. The van der Waals surface area contributed by atoms with E-state index in [0.717, 1.165) is 33.3 Å². The van der Waals surface area contributed by atoms with Gasteiger partial charge in [-0.15, -0.1) is 5.10 Å². The Morgan fingerprint density at radius 2 is 1.89 bits per heavy atom. The highest BCUT2D eigenvalue weighted by Gasteiger charge is 2.13. The van der Waals surface area contributed by atoms with Gasteiger partial charge in [0.25, 0.3) is 0 Å². The molecule has 0 bridgehead atoms. The van der Waals surface area contributed by atoms with E-state index in [2.05, 4.69) is 28.5 Å². The van der Waals surface area contributed by atoms with Crippen LogP contribution >= 0.6 is 11.8 Å². The van der Waals surface area contributed by atoms with E-state index >= 15 is 0 Å². The highest BCUT2D eigenvalue weighted by atomic mass is 32.2. The maximum absolute atomic E-state index is 12.0. The molecule has 0 aliphatic rings. The van der Waals surface area contributed by atoms with Gasteiger partial charge < -0.3 is 4.42 Å². The van der Waals surface area contributed by atoms with Gasteiger partial charge >= 0.3 is 5.63 Å². The summed E-state index contributed by atoms with van der Waals surface area (Å²) in [4.78, 5) is 12.0. The molecule has 0 amide bonds. The van der Waals surface area contributed by atoms with Crippen LogP contribution in [0.2, 0.25) is 0 Å². The van der Waals surface area contributed by atoms with Crippen molar-refractivity contribution in [1.82, 2.24) is 20.2 Å². The van der Waals surface area contributed by atoms with Crippen molar-refractivity contribution in [1.29, 1.82) is 0 Å². The van der Waals surface area contributed by atoms with E-state index in [0.29, 0.717) is 16.5 Å². The van der Waals surface area contributed by atoms with Crippen molar-refractivity contribution < 1.29 is 4.42 Å². The largest absolute Gasteiger partial charge is 0.423 e. The predicted octanol–water partition coefficient (Wildman–Crippen LogP) is 3.99. The third-order valence-corrected chi connectivity index (χ3v) is 5.46. The summed E-state index contributed by atoms with van der Waals surface area (Å²) in [6.45, 7) is 6.08. The number of rotatable bonds is 4. The van der Waals surface area contributed by atoms with Crippen LogP contribution in [-0.4, -0.2) is 20.2 Å². The topological polar surface area (TPSA) is 73.8 Å². The predicted molar refractivity (Wildman–Crippen MR) is 105 cm³/mol. The maximum Gasteiger partial charge on any atom is 0.336 e. The van der Waals surface area contributed by atoms with Crippen LogP contribution in [0.1, 0.15) is 22.3 Å². The first-order valence-electron chi connectivity index (χ1n) is 8.53. The minimum atomic E-state index is -0.348. The van der Waals surface area contributed by atoms with E-state index in [1.165, 1.54) is 11.8 Å². The minimum absolute atomic E-state index is 0.348. The molecule has 0 saturated carbocycles. The molecule has 4 rings (SSSR count). The second-order valence-electron chi connectivity index (χ2n) is 6.52. The molecule has 0 radical (unpaired) electrons. The molecule has 136 valence electrons. The van der Waals surface area contributed by atoms with Crippen molar-refractivity contribution in [3.63, 3.8) is 0 Å². The lowest BCUT2D eigenvalue weighted by Crippen LogP contribution is -2.02. The molecule has 4 aromatic rings. The average molecular weight is 378 g/mol. The van der Waals surface area contributed by atoms with Gasteiger partial charge in [0.2, 0.25) is 5.16 Å². The number of thioether (sulfide) groups is 1. The zero-order chi connectivity index (χ0) is 19.0. The molecule has 2 aromatic carbocycles. The van der Waals surface area contributed by atoms with Crippen molar-refractivity contribution in [3.05, 3.63) is 75.1 Å². The molecular formula is C20H18N4O2S. The molecule has 0 unspecified atom stereocenters. The second kappa shape index (κ2) is 7.00. The molecule has 0 fully saturated rings. The third kappa shape index (κ3) is 3.50. The fraction of sp³-hybridized carbons (Fsp3) is 0.200. The minimum Gasteiger partial charge on any atom is -0.423 e. The first kappa shape index (κ1) is 17.5. The summed E-state index contributed by atoms with van der Waals surface area (Å²) in [5.41, 5.74) is 5.47. The lowest BCUT2D eigenvalue weighted by atomic mass is 10.0. The average Bonchev–Trinajstić information content (AvgIpc) is 3.10. The van der Waals surface area contributed by atoms with Crippen molar-refractivity contribution in [2.24, 2.45) is 0 Å². The SMILES string of the molecule is Cc1cccc(-n2nnnc2SCc2cc(=O)oc3cc(C)c(C)cc23)c1. The smallest absolute Gasteiger partial charge is 0.336 e. The number of nitrogens with zero attached hydrogens (tertiary/aromatic N) is 4. The number of benzene rings is 2. The van der Waals surface area contributed by atoms with Crippen molar-refractivity contribution >= 4 is 22.7 Å². The molecule has 6 nitrogen and oxygen atoms in total. The number of hydrogen-bond donors (Lipinski definition) is 0. The molecule has 0 aliphatic heterocycles. The number of tetrazole rings is 1. The van der Waals surface area contributed by atoms with Crippen LogP contribution in [0.4, 0.5) is 0 Å². The van der Waals surface area contributed by atoms with Gasteiger partial charge in [0.05, 0.1) is 5.69 Å². The summed E-state index contributed by atoms with van der Waals surface area (Å²) >= 11 is 1.49. The van der Waals surface area contributed by atoms with Crippen LogP contribution in [0.5, 0.6) is 0 Å². The fourth-order valence-electron chi connectivity index (χ4n) is 2.94. The van der Waals surface area contributed by atoms with Crippen molar-refractivity contribution in [3.8, 4) is 5.69 Å². The van der Waals surface area contributed by atoms with Crippen molar-refractivity contribution in [2.75, 3.05) is 0 Å². The quantitative estimate of drug-likeness (QED) is 0.395. The first-order valence-corrected chi connectivity index (χ1v) is 9.52. The van der Waals surface area contributed by atoms with Crippen molar-refractivity contribution in [2.45, 2.75) is 31.7 Å². The van der Waals surface area contributed by atoms with E-state index in [9.17, 15) is 4.79 Å². The Morgan fingerprint density at radius 3 is 2.70 bits per heavy atom. The molecule has 7 heteroatoms. The lowest BCUT2D eigenvalue weighted by Gasteiger charge is -2.08. The highest BCUT2D eigenvalue weighted by molar-refractivity contribution is 7.98. The van der Waals surface area contributed by atoms with E-state index in [1.807, 2.05) is 44.2 Å². The van der Waals surface area contributed by atoms with Crippen LogP contribution in [-0.2, 0) is 5.75 Å². The van der Waals surface area contributed by atoms with E-state index in [-0.39, 0.29) is 5.63 Å². The summed E-state index contributed by atoms with van der Waals surface area (Å²) in [6.07, 6.45) is 0. The van der Waals surface area contributed by atoms with Crippen LogP contribution in [0.25, 0.3) is 16.7 Å². The third-order valence-electron chi connectivity index (χ3n) is 4.49. The van der Waals surface area contributed by atoms with Gasteiger partial charge in [0.1, 0.15) is 5.58 Å². The summed E-state index contributed by atoms with van der Waals surface area (Å²) in [7, 11) is 0. The standard InChI is InChI=1S/C20H18N4O2S/c1-12-5-4-6-16(7-12)24-20(21-22-23-24)27-11-15-10-19(25)26-18-9-14(3)13(2)8-17(15)18/h4-10H,11H2,1-3H3. The Hall–Kier alpha value is -2.93. The maximum atomic E-state index is 12.0. The van der Waals surface area contributed by atoms with Crippen LogP contribution < -0.4 is 5.63 Å².